The summed E-state index contributed by atoms with van der Waals surface area (Å²) in [7, 11) is 3.13. The van der Waals surface area contributed by atoms with Crippen LogP contribution in [0.3, 0.4) is 0 Å². The quantitative estimate of drug-likeness (QED) is 0.0805. The Kier molecular flexibility index (Phi) is 11.5. The number of esters is 1. The van der Waals surface area contributed by atoms with Crippen LogP contribution in [0.25, 0.3) is 0 Å². The van der Waals surface area contributed by atoms with Crippen molar-refractivity contribution in [2.24, 2.45) is 20.5 Å². The highest BCUT2D eigenvalue weighted by molar-refractivity contribution is 6.33. The van der Waals surface area contributed by atoms with Gasteiger partial charge >= 0.3 is 5.97 Å². The zero-order valence-electron chi connectivity index (χ0n) is 23.2. The smallest absolute Gasteiger partial charge is 0.305 e. The van der Waals surface area contributed by atoms with Crippen LogP contribution >= 0.6 is 11.6 Å². The average Bonchev–Trinajstić information content (AvgIpc) is 2.98. The van der Waals surface area contributed by atoms with Crippen LogP contribution in [0.15, 0.2) is 75.1 Å². The number of carbonyl (C=O) groups excluding carboxylic acids is 1. The standard InChI is InChI=1S/C28H31ClN6O6/c1-5-34(15-7-8-28(36)41-6-2)25-18-26(39-3)24(17-27(25)40-4)33-31-20-11-9-19(10-12-20)30-32-23-14-13-21(35(37)38)16-22(23)29/h9-14,16-18H,5-8,15H2,1-4H3. The first-order valence-corrected chi connectivity index (χ1v) is 13.2. The molecule has 0 aliphatic carbocycles. The van der Waals surface area contributed by atoms with Crippen LogP contribution in [0.2, 0.25) is 5.02 Å². The van der Waals surface area contributed by atoms with E-state index in [4.69, 9.17) is 25.8 Å². The van der Waals surface area contributed by atoms with Crippen molar-refractivity contribution in [1.29, 1.82) is 0 Å². The Labute approximate surface area is 242 Å². The zero-order valence-corrected chi connectivity index (χ0v) is 24.0. The molecule has 0 heterocycles. The second-order valence-corrected chi connectivity index (χ2v) is 8.90. The molecule has 0 N–H and O–H groups in total. The molecule has 0 saturated carbocycles. The van der Waals surface area contributed by atoms with Gasteiger partial charge in [0.05, 0.1) is 47.8 Å². The predicted molar refractivity (Wildman–Crippen MR) is 156 cm³/mol. The minimum Gasteiger partial charge on any atom is -0.494 e. The molecule has 13 heteroatoms. The van der Waals surface area contributed by atoms with Crippen molar-refractivity contribution in [1.82, 2.24) is 0 Å². The van der Waals surface area contributed by atoms with Crippen molar-refractivity contribution in [2.45, 2.75) is 26.7 Å². The lowest BCUT2D eigenvalue weighted by Crippen LogP contribution is -2.25. The third-order valence-electron chi connectivity index (χ3n) is 5.86. The number of nitrogens with zero attached hydrogens (tertiary/aromatic N) is 6. The van der Waals surface area contributed by atoms with E-state index in [1.54, 1.807) is 51.5 Å². The molecule has 0 bridgehead atoms. The SMILES string of the molecule is CCOC(=O)CCCN(CC)c1cc(OC)c(N=Nc2ccc(N=Nc3ccc([N+](=O)[O-])cc3Cl)cc2)cc1OC. The molecule has 0 aliphatic rings. The fraction of sp³-hybridized carbons (Fsp3) is 0.321. The van der Waals surface area contributed by atoms with Gasteiger partial charge in [-0.25, -0.2) is 0 Å². The molecule has 0 spiro atoms. The molecular weight excluding hydrogens is 552 g/mol. The summed E-state index contributed by atoms with van der Waals surface area (Å²) in [4.78, 5) is 24.1. The number of hydrogen-bond acceptors (Lipinski definition) is 11. The number of carbonyl (C=O) groups is 1. The highest BCUT2D eigenvalue weighted by atomic mass is 35.5. The summed E-state index contributed by atoms with van der Waals surface area (Å²) in [6, 6.07) is 14.4. The van der Waals surface area contributed by atoms with E-state index in [0.29, 0.717) is 66.8 Å². The van der Waals surface area contributed by atoms with E-state index in [-0.39, 0.29) is 16.7 Å². The van der Waals surface area contributed by atoms with E-state index in [0.717, 1.165) is 5.69 Å². The lowest BCUT2D eigenvalue weighted by molar-refractivity contribution is -0.384. The summed E-state index contributed by atoms with van der Waals surface area (Å²) in [6.45, 7) is 5.51. The van der Waals surface area contributed by atoms with Gasteiger partial charge in [0.1, 0.15) is 22.9 Å². The van der Waals surface area contributed by atoms with Crippen molar-refractivity contribution in [2.75, 3.05) is 38.8 Å². The third-order valence-corrected chi connectivity index (χ3v) is 6.16. The second kappa shape index (κ2) is 15.3. The first-order valence-electron chi connectivity index (χ1n) is 12.8. The van der Waals surface area contributed by atoms with Crippen LogP contribution in [0.5, 0.6) is 11.5 Å². The molecule has 3 rings (SSSR count). The van der Waals surface area contributed by atoms with Gasteiger partial charge in [0, 0.05) is 43.8 Å². The Bertz CT molecular complexity index is 1410. The van der Waals surface area contributed by atoms with Gasteiger partial charge in [-0.05, 0) is 50.6 Å². The van der Waals surface area contributed by atoms with Gasteiger partial charge in [0.25, 0.3) is 5.69 Å². The van der Waals surface area contributed by atoms with Gasteiger partial charge in [-0.2, -0.15) is 10.2 Å². The Morgan fingerprint density at radius 2 is 1.54 bits per heavy atom. The number of nitro benzene ring substituents is 1. The number of halogens is 1. The van der Waals surface area contributed by atoms with Crippen LogP contribution in [0.1, 0.15) is 26.7 Å². The zero-order chi connectivity index (χ0) is 29.8. The number of nitro groups is 1. The minimum absolute atomic E-state index is 0.124. The average molecular weight is 583 g/mol. The Morgan fingerprint density at radius 3 is 2.07 bits per heavy atom. The fourth-order valence-corrected chi connectivity index (χ4v) is 4.00. The van der Waals surface area contributed by atoms with Crippen LogP contribution in [-0.4, -0.2) is 44.8 Å². The summed E-state index contributed by atoms with van der Waals surface area (Å²) < 4.78 is 16.2. The number of hydrogen-bond donors (Lipinski definition) is 0. The second-order valence-electron chi connectivity index (χ2n) is 8.49. The number of ether oxygens (including phenoxy) is 3. The van der Waals surface area contributed by atoms with E-state index >= 15 is 0 Å². The molecule has 3 aromatic carbocycles. The monoisotopic (exact) mass is 582 g/mol. The Morgan fingerprint density at radius 1 is 0.902 bits per heavy atom. The summed E-state index contributed by atoms with van der Waals surface area (Å²) in [5.41, 5.74) is 2.58. The van der Waals surface area contributed by atoms with E-state index < -0.39 is 4.92 Å². The van der Waals surface area contributed by atoms with Crippen molar-refractivity contribution < 1.29 is 23.9 Å². The van der Waals surface area contributed by atoms with E-state index in [1.165, 1.54) is 18.2 Å². The highest BCUT2D eigenvalue weighted by Gasteiger charge is 2.17. The Hall–Kier alpha value is -4.58. The van der Waals surface area contributed by atoms with Gasteiger partial charge in [-0.3, -0.25) is 14.9 Å². The van der Waals surface area contributed by atoms with Crippen molar-refractivity contribution in [3.63, 3.8) is 0 Å². The van der Waals surface area contributed by atoms with E-state index in [2.05, 4.69) is 25.4 Å². The normalized spacial score (nSPS) is 11.1. The van der Waals surface area contributed by atoms with Crippen LogP contribution in [-0.2, 0) is 9.53 Å². The van der Waals surface area contributed by atoms with Crippen LogP contribution < -0.4 is 14.4 Å². The maximum absolute atomic E-state index is 11.7. The van der Waals surface area contributed by atoms with Crippen molar-refractivity contribution >= 4 is 51.7 Å². The van der Waals surface area contributed by atoms with Crippen molar-refractivity contribution in [3.8, 4) is 11.5 Å². The molecule has 0 atom stereocenters. The van der Waals surface area contributed by atoms with Crippen LogP contribution in [0, 0.1) is 10.1 Å². The number of azo groups is 2. The van der Waals surface area contributed by atoms with Crippen molar-refractivity contribution in [3.05, 3.63) is 69.7 Å². The molecule has 0 aliphatic heterocycles. The summed E-state index contributed by atoms with van der Waals surface area (Å²) in [5.74, 6) is 0.894. The lowest BCUT2D eigenvalue weighted by Gasteiger charge is -2.25. The molecule has 41 heavy (non-hydrogen) atoms. The maximum atomic E-state index is 11.7. The molecule has 0 aromatic heterocycles. The number of rotatable bonds is 14. The summed E-state index contributed by atoms with van der Waals surface area (Å²) in [5, 5.41) is 27.8. The maximum Gasteiger partial charge on any atom is 0.305 e. The largest absolute Gasteiger partial charge is 0.494 e. The van der Waals surface area contributed by atoms with Gasteiger partial charge in [-0.1, -0.05) is 11.6 Å². The molecule has 0 saturated heterocycles. The van der Waals surface area contributed by atoms with Crippen LogP contribution in [0.4, 0.5) is 34.1 Å². The minimum atomic E-state index is -0.531. The number of anilines is 1. The lowest BCUT2D eigenvalue weighted by atomic mass is 10.2. The van der Waals surface area contributed by atoms with Gasteiger partial charge < -0.3 is 19.1 Å². The van der Waals surface area contributed by atoms with E-state index in [9.17, 15) is 14.9 Å². The first-order chi connectivity index (χ1) is 19.8. The topological polar surface area (TPSA) is 141 Å². The fourth-order valence-electron chi connectivity index (χ4n) is 3.79. The van der Waals surface area contributed by atoms with E-state index in [1.807, 2.05) is 13.0 Å². The molecule has 0 amide bonds. The summed E-state index contributed by atoms with van der Waals surface area (Å²) in [6.07, 6.45) is 0.969. The molecular formula is C28H31ClN6O6. The first kappa shape index (κ1) is 31.0. The number of methoxy groups -OCH3 is 2. The summed E-state index contributed by atoms with van der Waals surface area (Å²) >= 11 is 6.07. The Balaban J connectivity index is 1.73. The molecule has 3 aromatic rings. The molecule has 0 fully saturated rings. The molecule has 0 radical (unpaired) electrons. The third kappa shape index (κ3) is 8.70. The molecule has 0 unspecified atom stereocenters. The molecule has 12 nitrogen and oxygen atoms in total. The van der Waals surface area contributed by atoms with Gasteiger partial charge in [0.15, 0.2) is 0 Å². The number of non-ortho nitro benzene ring substituents is 1. The highest BCUT2D eigenvalue weighted by Crippen LogP contribution is 2.41. The van der Waals surface area contributed by atoms with Gasteiger partial charge in [0.2, 0.25) is 0 Å². The number of benzene rings is 3. The predicted octanol–water partition coefficient (Wildman–Crippen LogP) is 8.27. The van der Waals surface area contributed by atoms with Gasteiger partial charge in [-0.15, -0.1) is 10.2 Å². The molecule has 216 valence electrons.